The molecule has 2 aliphatic heterocycles. The first-order chi connectivity index (χ1) is 12.0. The van der Waals surface area contributed by atoms with E-state index in [4.69, 9.17) is 4.84 Å². The minimum absolute atomic E-state index is 0.0118. The number of hydroxylamine groups is 1. The Balaban J connectivity index is 1.67. The number of imide groups is 1. The number of amides is 2. The first-order valence-corrected chi connectivity index (χ1v) is 8.16. The van der Waals surface area contributed by atoms with Gasteiger partial charge in [-0.3, -0.25) is 19.9 Å². The van der Waals surface area contributed by atoms with Crippen molar-refractivity contribution in [3.05, 3.63) is 71.3 Å². The summed E-state index contributed by atoms with van der Waals surface area (Å²) in [6.07, 6.45) is 1.70. The van der Waals surface area contributed by atoms with Crippen LogP contribution in [-0.4, -0.2) is 17.4 Å². The zero-order valence-corrected chi connectivity index (χ0v) is 14.1. The van der Waals surface area contributed by atoms with Gasteiger partial charge in [0.15, 0.2) is 0 Å². The maximum atomic E-state index is 13.0. The molecule has 1 N–H and O–H groups in total. The fourth-order valence-electron chi connectivity index (χ4n) is 3.14. The first-order valence-electron chi connectivity index (χ1n) is 8.16. The third-order valence-electron chi connectivity index (χ3n) is 4.60. The molecule has 0 aromatic heterocycles. The third kappa shape index (κ3) is 2.53. The Kier molecular flexibility index (Phi) is 3.47. The van der Waals surface area contributed by atoms with Gasteiger partial charge >= 0.3 is 0 Å². The number of hydrogen-bond acceptors (Lipinski definition) is 4. The van der Waals surface area contributed by atoms with Gasteiger partial charge in [-0.15, -0.1) is 0 Å². The van der Waals surface area contributed by atoms with E-state index in [1.807, 2.05) is 50.2 Å². The lowest BCUT2D eigenvalue weighted by atomic mass is 9.99. The Hall–Kier alpha value is -2.92. The maximum Gasteiger partial charge on any atom is 0.273 e. The molecule has 2 heterocycles. The number of anilines is 1. The number of aryl methyl sites for hydroxylation is 2. The number of carbonyl (C=O) groups is 2. The lowest BCUT2D eigenvalue weighted by Gasteiger charge is -2.18. The van der Waals surface area contributed by atoms with Gasteiger partial charge in [0.05, 0.1) is 17.8 Å². The molecule has 5 nitrogen and oxygen atoms in total. The second-order valence-electron chi connectivity index (χ2n) is 6.56. The van der Waals surface area contributed by atoms with Crippen LogP contribution in [0.4, 0.5) is 5.69 Å². The standard InChI is InChI=1S/C20H18N2O3/c1-13-3-7-15(8-4-13)17-11-20(25-21-17)12-18(23)22(19(20)24)16-9-5-14(2)6-10-16/h3-11,21H,12H2,1-2H3/t20-/m1/s1. The van der Waals surface area contributed by atoms with E-state index in [0.29, 0.717) is 11.4 Å². The molecule has 1 fully saturated rings. The van der Waals surface area contributed by atoms with Crippen molar-refractivity contribution in [2.45, 2.75) is 25.9 Å². The van der Waals surface area contributed by atoms with Crippen LogP contribution in [0.5, 0.6) is 0 Å². The van der Waals surface area contributed by atoms with Crippen molar-refractivity contribution in [1.29, 1.82) is 0 Å². The highest BCUT2D eigenvalue weighted by molar-refractivity contribution is 6.25. The Morgan fingerprint density at radius 1 is 0.960 bits per heavy atom. The van der Waals surface area contributed by atoms with E-state index in [-0.39, 0.29) is 18.2 Å². The molecule has 2 amide bonds. The number of nitrogens with one attached hydrogen (secondary N) is 1. The Morgan fingerprint density at radius 3 is 2.20 bits per heavy atom. The van der Waals surface area contributed by atoms with Crippen molar-refractivity contribution in [1.82, 2.24) is 5.48 Å². The van der Waals surface area contributed by atoms with Crippen LogP contribution in [0.3, 0.4) is 0 Å². The monoisotopic (exact) mass is 334 g/mol. The Labute approximate surface area is 145 Å². The van der Waals surface area contributed by atoms with Crippen LogP contribution in [0.2, 0.25) is 0 Å². The lowest BCUT2D eigenvalue weighted by molar-refractivity contribution is -0.136. The van der Waals surface area contributed by atoms with Crippen LogP contribution in [0.25, 0.3) is 5.70 Å². The molecule has 1 spiro atoms. The predicted molar refractivity (Wildman–Crippen MR) is 94.4 cm³/mol. The van der Waals surface area contributed by atoms with E-state index in [1.54, 1.807) is 18.2 Å². The van der Waals surface area contributed by atoms with E-state index < -0.39 is 5.60 Å². The molecule has 1 atom stereocenters. The highest BCUT2D eigenvalue weighted by atomic mass is 16.7. The Bertz CT molecular complexity index is 884. The molecule has 4 rings (SSSR count). The number of benzene rings is 2. The Morgan fingerprint density at radius 2 is 1.56 bits per heavy atom. The summed E-state index contributed by atoms with van der Waals surface area (Å²) >= 11 is 0. The normalized spacial score (nSPS) is 22.5. The van der Waals surface area contributed by atoms with Gasteiger partial charge in [-0.2, -0.15) is 0 Å². The zero-order chi connectivity index (χ0) is 17.6. The fourth-order valence-corrected chi connectivity index (χ4v) is 3.14. The van der Waals surface area contributed by atoms with Crippen LogP contribution in [0, 0.1) is 13.8 Å². The molecular formula is C20H18N2O3. The zero-order valence-electron chi connectivity index (χ0n) is 14.1. The van der Waals surface area contributed by atoms with Gasteiger partial charge in [-0.25, -0.2) is 4.90 Å². The third-order valence-corrected chi connectivity index (χ3v) is 4.60. The highest BCUT2D eigenvalue weighted by Crippen LogP contribution is 2.37. The van der Waals surface area contributed by atoms with E-state index in [0.717, 1.165) is 16.7 Å². The molecule has 0 bridgehead atoms. The molecule has 126 valence electrons. The first kappa shape index (κ1) is 15.6. The minimum Gasteiger partial charge on any atom is -0.274 e. The summed E-state index contributed by atoms with van der Waals surface area (Å²) < 4.78 is 0. The molecule has 2 aromatic carbocycles. The molecular weight excluding hydrogens is 316 g/mol. The van der Waals surface area contributed by atoms with Gasteiger partial charge in [0.2, 0.25) is 11.5 Å². The van der Waals surface area contributed by atoms with Gasteiger partial charge in [-0.1, -0.05) is 47.5 Å². The second-order valence-corrected chi connectivity index (χ2v) is 6.56. The molecule has 2 aliphatic rings. The number of nitrogens with zero attached hydrogens (tertiary/aromatic N) is 1. The van der Waals surface area contributed by atoms with E-state index >= 15 is 0 Å². The molecule has 0 saturated carbocycles. The van der Waals surface area contributed by atoms with E-state index in [1.165, 1.54) is 4.90 Å². The average molecular weight is 334 g/mol. The molecule has 0 unspecified atom stereocenters. The van der Waals surface area contributed by atoms with Crippen LogP contribution in [0.1, 0.15) is 23.1 Å². The smallest absolute Gasteiger partial charge is 0.273 e. The summed E-state index contributed by atoms with van der Waals surface area (Å²) in [5.74, 6) is -0.631. The highest BCUT2D eigenvalue weighted by Gasteiger charge is 2.55. The number of carbonyl (C=O) groups excluding carboxylic acids is 2. The van der Waals surface area contributed by atoms with Gasteiger partial charge in [0, 0.05) is 0 Å². The predicted octanol–water partition coefficient (Wildman–Crippen LogP) is 2.88. The van der Waals surface area contributed by atoms with E-state index in [9.17, 15) is 9.59 Å². The van der Waals surface area contributed by atoms with Crippen molar-refractivity contribution in [2.75, 3.05) is 4.90 Å². The lowest BCUT2D eigenvalue weighted by Crippen LogP contribution is -2.40. The number of rotatable bonds is 2. The van der Waals surface area contributed by atoms with Crippen molar-refractivity contribution < 1.29 is 14.4 Å². The summed E-state index contributed by atoms with van der Waals surface area (Å²) in [5, 5.41) is 0. The summed E-state index contributed by atoms with van der Waals surface area (Å²) in [7, 11) is 0. The average Bonchev–Trinajstić information content (AvgIpc) is 3.12. The molecule has 25 heavy (non-hydrogen) atoms. The van der Waals surface area contributed by atoms with Gasteiger partial charge in [0.25, 0.3) is 5.91 Å². The minimum atomic E-state index is -1.28. The van der Waals surface area contributed by atoms with Crippen molar-refractivity contribution in [2.24, 2.45) is 0 Å². The molecule has 1 saturated heterocycles. The molecule has 2 aromatic rings. The van der Waals surface area contributed by atoms with Gasteiger partial charge < -0.3 is 0 Å². The topological polar surface area (TPSA) is 58.6 Å². The summed E-state index contributed by atoms with van der Waals surface area (Å²) in [5.41, 5.74) is 5.94. The SMILES string of the molecule is Cc1ccc(C2=C[C@]3(CC(=O)N(c4ccc(C)cc4)C3=O)ON2)cc1. The van der Waals surface area contributed by atoms with E-state index in [2.05, 4.69) is 5.48 Å². The van der Waals surface area contributed by atoms with Gasteiger partial charge in [0.1, 0.15) is 0 Å². The summed E-state index contributed by atoms with van der Waals surface area (Å²) in [4.78, 5) is 32.2. The quantitative estimate of drug-likeness (QED) is 0.858. The van der Waals surface area contributed by atoms with Gasteiger partial charge in [-0.05, 0) is 37.6 Å². The molecule has 0 radical (unpaired) electrons. The van der Waals surface area contributed by atoms with Crippen LogP contribution < -0.4 is 10.4 Å². The van der Waals surface area contributed by atoms with Crippen molar-refractivity contribution in [3.8, 4) is 0 Å². The van der Waals surface area contributed by atoms with Crippen molar-refractivity contribution in [3.63, 3.8) is 0 Å². The van der Waals surface area contributed by atoms with Crippen molar-refractivity contribution >= 4 is 23.2 Å². The van der Waals surface area contributed by atoms with Crippen LogP contribution in [0.15, 0.2) is 54.6 Å². The molecule has 0 aliphatic carbocycles. The largest absolute Gasteiger partial charge is 0.274 e. The number of hydrogen-bond donors (Lipinski definition) is 1. The summed E-state index contributed by atoms with van der Waals surface area (Å²) in [6.45, 7) is 3.97. The fraction of sp³-hybridized carbons (Fsp3) is 0.200. The van der Waals surface area contributed by atoms with Crippen LogP contribution >= 0.6 is 0 Å². The summed E-state index contributed by atoms with van der Waals surface area (Å²) in [6, 6.07) is 15.2. The maximum absolute atomic E-state index is 13.0. The molecule has 5 heteroatoms. The van der Waals surface area contributed by atoms with Crippen LogP contribution in [-0.2, 0) is 14.4 Å². The second kappa shape index (κ2) is 5.57.